The number of aromatic amines is 2. The number of aryl methyl sites for hydroxylation is 1. The summed E-state index contributed by atoms with van der Waals surface area (Å²) < 4.78 is 5.76. The summed E-state index contributed by atoms with van der Waals surface area (Å²) in [4.78, 5) is 27.5. The molecule has 0 unspecified atom stereocenters. The lowest BCUT2D eigenvalue weighted by molar-refractivity contribution is 0.623. The predicted octanol–water partition coefficient (Wildman–Crippen LogP) is 2.04. The zero-order valence-corrected chi connectivity index (χ0v) is 10.3. The average molecular weight is 256 g/mol. The molecule has 19 heavy (non-hydrogen) atoms. The fourth-order valence-corrected chi connectivity index (χ4v) is 2.26. The van der Waals surface area contributed by atoms with Crippen LogP contribution in [-0.2, 0) is 6.42 Å². The number of furan rings is 1. The van der Waals surface area contributed by atoms with E-state index in [4.69, 9.17) is 4.42 Å². The molecule has 2 heterocycles. The Labute approximate surface area is 107 Å². The van der Waals surface area contributed by atoms with Crippen molar-refractivity contribution in [2.75, 3.05) is 0 Å². The van der Waals surface area contributed by atoms with Crippen molar-refractivity contribution in [3.8, 4) is 11.5 Å². The lowest BCUT2D eigenvalue weighted by Gasteiger charge is -1.99. The lowest BCUT2D eigenvalue weighted by atomic mass is 10.1. The van der Waals surface area contributed by atoms with E-state index in [1.807, 2.05) is 31.2 Å². The Balaban J connectivity index is 2.35. The van der Waals surface area contributed by atoms with Crippen LogP contribution >= 0.6 is 0 Å². The van der Waals surface area contributed by atoms with Gasteiger partial charge < -0.3 is 9.40 Å². The topological polar surface area (TPSA) is 78.9 Å². The standard InChI is InChI=1S/C14H12N2O3/c1-2-8-9-5-3-4-6-11(9)19-13(8)10-7-12(17)16-14(18)15-10/h3-7H,2H2,1H3,(H2,15,16,17,18). The fourth-order valence-electron chi connectivity index (χ4n) is 2.26. The molecule has 0 aliphatic heterocycles. The molecule has 1 aromatic carbocycles. The SMILES string of the molecule is CCc1c(-c2cc(=O)[nH]c(=O)[nH]2)oc2ccccc12. The number of H-pyrrole nitrogens is 2. The second kappa shape index (κ2) is 4.28. The third-order valence-electron chi connectivity index (χ3n) is 3.06. The van der Waals surface area contributed by atoms with Crippen molar-refractivity contribution in [3.05, 3.63) is 56.7 Å². The molecule has 0 saturated carbocycles. The average Bonchev–Trinajstić information content (AvgIpc) is 2.76. The molecule has 0 amide bonds. The van der Waals surface area contributed by atoms with E-state index >= 15 is 0 Å². The molecule has 5 nitrogen and oxygen atoms in total. The lowest BCUT2D eigenvalue weighted by Crippen LogP contribution is -2.21. The number of para-hydroxylation sites is 1. The monoisotopic (exact) mass is 256 g/mol. The number of rotatable bonds is 2. The van der Waals surface area contributed by atoms with Crippen LogP contribution in [0.25, 0.3) is 22.4 Å². The van der Waals surface area contributed by atoms with Gasteiger partial charge in [0.05, 0.1) is 5.69 Å². The first kappa shape index (κ1) is 11.5. The van der Waals surface area contributed by atoms with Gasteiger partial charge in [0, 0.05) is 17.0 Å². The Bertz CT molecular complexity index is 826. The molecule has 3 rings (SSSR count). The molecule has 0 bridgehead atoms. The van der Waals surface area contributed by atoms with Gasteiger partial charge in [-0.25, -0.2) is 4.79 Å². The van der Waals surface area contributed by atoms with Crippen LogP contribution < -0.4 is 11.2 Å². The van der Waals surface area contributed by atoms with E-state index in [1.165, 1.54) is 6.07 Å². The first-order valence-electron chi connectivity index (χ1n) is 6.03. The molecule has 0 atom stereocenters. The van der Waals surface area contributed by atoms with Crippen LogP contribution in [0.1, 0.15) is 12.5 Å². The van der Waals surface area contributed by atoms with E-state index < -0.39 is 11.2 Å². The summed E-state index contributed by atoms with van der Waals surface area (Å²) in [6, 6.07) is 8.98. The van der Waals surface area contributed by atoms with Crippen molar-refractivity contribution in [1.82, 2.24) is 9.97 Å². The molecular weight excluding hydrogens is 244 g/mol. The van der Waals surface area contributed by atoms with Gasteiger partial charge in [-0.2, -0.15) is 0 Å². The van der Waals surface area contributed by atoms with Crippen molar-refractivity contribution in [2.24, 2.45) is 0 Å². The molecule has 0 radical (unpaired) electrons. The van der Waals surface area contributed by atoms with Gasteiger partial charge >= 0.3 is 5.69 Å². The van der Waals surface area contributed by atoms with Crippen LogP contribution in [0.5, 0.6) is 0 Å². The van der Waals surface area contributed by atoms with E-state index in [-0.39, 0.29) is 0 Å². The predicted molar refractivity (Wildman–Crippen MR) is 72.3 cm³/mol. The quantitative estimate of drug-likeness (QED) is 0.736. The first-order chi connectivity index (χ1) is 9.19. The number of nitrogens with one attached hydrogen (secondary N) is 2. The minimum absolute atomic E-state index is 0.404. The molecule has 3 aromatic rings. The molecule has 0 aliphatic carbocycles. The van der Waals surface area contributed by atoms with Gasteiger partial charge in [0.1, 0.15) is 5.58 Å². The molecule has 0 saturated heterocycles. The second-order valence-electron chi connectivity index (χ2n) is 4.26. The van der Waals surface area contributed by atoms with Crippen LogP contribution in [0.3, 0.4) is 0 Å². The number of hydrogen-bond acceptors (Lipinski definition) is 3. The third-order valence-corrected chi connectivity index (χ3v) is 3.06. The van der Waals surface area contributed by atoms with E-state index in [9.17, 15) is 9.59 Å². The van der Waals surface area contributed by atoms with Gasteiger partial charge in [-0.3, -0.25) is 9.78 Å². The summed E-state index contributed by atoms with van der Waals surface area (Å²) in [6.45, 7) is 2.01. The fraction of sp³-hybridized carbons (Fsp3) is 0.143. The van der Waals surface area contributed by atoms with Crippen LogP contribution in [0.4, 0.5) is 0 Å². The van der Waals surface area contributed by atoms with E-state index in [2.05, 4.69) is 9.97 Å². The highest BCUT2D eigenvalue weighted by atomic mass is 16.3. The normalized spacial score (nSPS) is 11.0. The molecule has 2 N–H and O–H groups in total. The summed E-state index contributed by atoms with van der Waals surface area (Å²) in [5, 5.41) is 1.00. The maximum absolute atomic E-state index is 11.4. The highest BCUT2D eigenvalue weighted by Gasteiger charge is 2.15. The summed E-state index contributed by atoms with van der Waals surface area (Å²) >= 11 is 0. The number of benzene rings is 1. The van der Waals surface area contributed by atoms with Crippen LogP contribution in [0.2, 0.25) is 0 Å². The van der Waals surface area contributed by atoms with E-state index in [0.717, 1.165) is 23.0 Å². The highest BCUT2D eigenvalue weighted by Crippen LogP contribution is 2.31. The Morgan fingerprint density at radius 3 is 2.68 bits per heavy atom. The molecule has 2 aromatic heterocycles. The smallest absolute Gasteiger partial charge is 0.326 e. The molecular formula is C14H12N2O3. The Morgan fingerprint density at radius 2 is 1.95 bits per heavy atom. The van der Waals surface area contributed by atoms with Crippen LogP contribution in [0, 0.1) is 0 Å². The third kappa shape index (κ3) is 1.89. The van der Waals surface area contributed by atoms with E-state index in [0.29, 0.717) is 11.5 Å². The molecule has 0 spiro atoms. The zero-order chi connectivity index (χ0) is 13.4. The van der Waals surface area contributed by atoms with Gasteiger partial charge in [0.25, 0.3) is 5.56 Å². The van der Waals surface area contributed by atoms with Crippen molar-refractivity contribution in [2.45, 2.75) is 13.3 Å². The van der Waals surface area contributed by atoms with Gasteiger partial charge in [0.2, 0.25) is 0 Å². The molecule has 0 fully saturated rings. The molecule has 0 aliphatic rings. The van der Waals surface area contributed by atoms with Gasteiger partial charge in [-0.15, -0.1) is 0 Å². The van der Waals surface area contributed by atoms with Crippen molar-refractivity contribution in [3.63, 3.8) is 0 Å². The van der Waals surface area contributed by atoms with Crippen molar-refractivity contribution >= 4 is 11.0 Å². The highest BCUT2D eigenvalue weighted by molar-refractivity contribution is 5.87. The zero-order valence-electron chi connectivity index (χ0n) is 10.3. The Morgan fingerprint density at radius 1 is 1.16 bits per heavy atom. The van der Waals surface area contributed by atoms with Gasteiger partial charge in [-0.05, 0) is 12.5 Å². The van der Waals surface area contributed by atoms with E-state index in [1.54, 1.807) is 0 Å². The maximum atomic E-state index is 11.4. The van der Waals surface area contributed by atoms with Crippen LogP contribution in [0.15, 0.2) is 44.3 Å². The molecule has 5 heteroatoms. The largest absolute Gasteiger partial charge is 0.454 e. The summed E-state index contributed by atoms with van der Waals surface area (Å²) in [7, 11) is 0. The second-order valence-corrected chi connectivity index (χ2v) is 4.26. The first-order valence-corrected chi connectivity index (χ1v) is 6.03. The minimum atomic E-state index is -0.537. The summed E-state index contributed by atoms with van der Waals surface area (Å²) in [6.07, 6.45) is 0.751. The summed E-state index contributed by atoms with van der Waals surface area (Å²) in [5.74, 6) is 0.548. The maximum Gasteiger partial charge on any atom is 0.326 e. The van der Waals surface area contributed by atoms with Crippen molar-refractivity contribution < 1.29 is 4.42 Å². The number of fused-ring (bicyclic) bond motifs is 1. The minimum Gasteiger partial charge on any atom is -0.454 e. The Kier molecular flexibility index (Phi) is 2.59. The molecule has 96 valence electrons. The van der Waals surface area contributed by atoms with Crippen LogP contribution in [-0.4, -0.2) is 9.97 Å². The number of hydrogen-bond donors (Lipinski definition) is 2. The summed E-state index contributed by atoms with van der Waals surface area (Å²) in [5.41, 5.74) is 1.15. The number of aromatic nitrogens is 2. The Hall–Kier alpha value is -2.56. The van der Waals surface area contributed by atoms with Crippen molar-refractivity contribution in [1.29, 1.82) is 0 Å². The van der Waals surface area contributed by atoms with Gasteiger partial charge in [0.15, 0.2) is 5.76 Å². The van der Waals surface area contributed by atoms with Gasteiger partial charge in [-0.1, -0.05) is 25.1 Å².